The van der Waals surface area contributed by atoms with Crippen LogP contribution in [0.4, 0.5) is 4.79 Å². The Morgan fingerprint density at radius 1 is 1.05 bits per heavy atom. The first-order valence-corrected chi connectivity index (χ1v) is 6.15. The third-order valence-electron chi connectivity index (χ3n) is 2.70. The predicted octanol–water partition coefficient (Wildman–Crippen LogP) is 1.68. The van der Waals surface area contributed by atoms with Crippen LogP contribution in [0.1, 0.15) is 48.0 Å². The first kappa shape index (κ1) is 18.4. The lowest BCUT2D eigenvalue weighted by molar-refractivity contribution is -0.157. The van der Waals surface area contributed by atoms with E-state index in [2.05, 4.69) is 4.74 Å². The van der Waals surface area contributed by atoms with Gasteiger partial charge in [-0.2, -0.15) is 0 Å². The molecule has 0 spiro atoms. The lowest BCUT2D eigenvalue weighted by atomic mass is 9.72. The van der Waals surface area contributed by atoms with Gasteiger partial charge in [0.15, 0.2) is 0 Å². The summed E-state index contributed by atoms with van der Waals surface area (Å²) in [5.41, 5.74) is 2.29. The molecule has 0 unspecified atom stereocenters. The molecule has 0 bridgehead atoms. The highest BCUT2D eigenvalue weighted by Gasteiger charge is 2.49. The summed E-state index contributed by atoms with van der Waals surface area (Å²) < 4.78 is 9.37. The van der Waals surface area contributed by atoms with Crippen molar-refractivity contribution in [3.05, 3.63) is 0 Å². The molecule has 0 fully saturated rings. The number of carbonyl (C=O) groups excluding carboxylic acids is 2. The maximum absolute atomic E-state index is 12.0. The van der Waals surface area contributed by atoms with Crippen molar-refractivity contribution in [2.75, 3.05) is 0 Å². The molecule has 0 saturated heterocycles. The Hall–Kier alpha value is -1.63. The van der Waals surface area contributed by atoms with Crippen molar-refractivity contribution in [1.29, 1.82) is 0 Å². The van der Waals surface area contributed by atoms with E-state index in [1.54, 1.807) is 41.5 Å². The molecule has 0 amide bonds. The molecule has 116 valence electrons. The fraction of sp³-hybridized carbons (Fsp3) is 0.769. The van der Waals surface area contributed by atoms with Gasteiger partial charge in [0, 0.05) is 0 Å². The molecule has 3 N–H and O–H groups in total. The zero-order valence-electron chi connectivity index (χ0n) is 12.8. The van der Waals surface area contributed by atoms with Crippen LogP contribution >= 0.6 is 0 Å². The summed E-state index contributed by atoms with van der Waals surface area (Å²) in [6.07, 6.45) is -1.86. The molecule has 0 rings (SSSR count). The Morgan fingerprint density at radius 3 is 1.80 bits per heavy atom. The normalized spacial score (nSPS) is 15.2. The summed E-state index contributed by atoms with van der Waals surface area (Å²) in [7, 11) is 0. The summed E-state index contributed by atoms with van der Waals surface area (Å²) >= 11 is 0. The van der Waals surface area contributed by atoms with E-state index >= 15 is 0 Å². The summed E-state index contributed by atoms with van der Waals surface area (Å²) in [5.74, 6) is -2.38. The van der Waals surface area contributed by atoms with Gasteiger partial charge in [-0.15, -0.1) is 0 Å². The van der Waals surface area contributed by atoms with Crippen LogP contribution in [0.3, 0.4) is 0 Å². The number of carboxylic acid groups (broad SMARTS) is 1. The van der Waals surface area contributed by atoms with Crippen molar-refractivity contribution in [3.63, 3.8) is 0 Å². The smallest absolute Gasteiger partial charge is 0.481 e. The summed E-state index contributed by atoms with van der Waals surface area (Å²) in [6, 6.07) is 0. The largest absolute Gasteiger partial charge is 0.516 e. The molecule has 0 radical (unpaired) electrons. The Bertz CT molecular complexity index is 404. The topological polar surface area (TPSA) is 116 Å². The zero-order valence-corrected chi connectivity index (χ0v) is 12.8. The summed E-state index contributed by atoms with van der Waals surface area (Å²) in [4.78, 5) is 34.4. The third-order valence-corrected chi connectivity index (χ3v) is 2.70. The van der Waals surface area contributed by atoms with Gasteiger partial charge in [-0.1, -0.05) is 20.8 Å². The molecule has 0 saturated carbocycles. The quantitative estimate of drug-likeness (QED) is 0.599. The molecule has 0 aliphatic heterocycles. The first-order chi connectivity index (χ1) is 8.69. The second-order valence-corrected chi connectivity index (χ2v) is 6.65. The van der Waals surface area contributed by atoms with Crippen molar-refractivity contribution in [3.8, 4) is 0 Å². The number of aliphatic carboxylic acids is 1. The first-order valence-electron chi connectivity index (χ1n) is 6.15. The molecule has 0 aromatic rings. The van der Waals surface area contributed by atoms with E-state index in [4.69, 9.17) is 15.6 Å². The Balaban J connectivity index is 5.09. The number of rotatable bonds is 3. The van der Waals surface area contributed by atoms with E-state index in [0.717, 1.165) is 0 Å². The number of esters is 1. The van der Waals surface area contributed by atoms with Crippen molar-refractivity contribution in [2.45, 2.75) is 59.1 Å². The van der Waals surface area contributed by atoms with E-state index in [-0.39, 0.29) is 0 Å². The highest BCUT2D eigenvalue weighted by atomic mass is 16.7. The minimum atomic E-state index is -1.84. The summed E-state index contributed by atoms with van der Waals surface area (Å²) in [5, 5.41) is 8.88. The lowest BCUT2D eigenvalue weighted by Gasteiger charge is -2.37. The maximum atomic E-state index is 12.0. The SMILES string of the molecule is CC(C)(C)OC(=O)OC(=O)[C@@](N)(CC(=O)O)C(C)(C)C. The second-order valence-electron chi connectivity index (χ2n) is 6.65. The van der Waals surface area contributed by atoms with Gasteiger partial charge in [-0.3, -0.25) is 4.79 Å². The van der Waals surface area contributed by atoms with Gasteiger partial charge >= 0.3 is 18.1 Å². The minimum Gasteiger partial charge on any atom is -0.481 e. The Morgan fingerprint density at radius 2 is 1.50 bits per heavy atom. The number of hydrogen-bond acceptors (Lipinski definition) is 6. The van der Waals surface area contributed by atoms with Gasteiger partial charge in [0.25, 0.3) is 0 Å². The monoisotopic (exact) mass is 289 g/mol. The van der Waals surface area contributed by atoms with Crippen LogP contribution in [0.15, 0.2) is 0 Å². The van der Waals surface area contributed by atoms with Crippen LogP contribution in [-0.4, -0.2) is 34.3 Å². The fourth-order valence-corrected chi connectivity index (χ4v) is 1.32. The van der Waals surface area contributed by atoms with E-state index < -0.39 is 41.1 Å². The zero-order chi connectivity index (χ0) is 16.4. The van der Waals surface area contributed by atoms with Crippen LogP contribution in [0.5, 0.6) is 0 Å². The standard InChI is InChI=1S/C13H23NO6/c1-11(2,3)13(14,7-8(15)16)9(17)19-10(18)20-12(4,5)6/h7,14H2,1-6H3,(H,15,16)/t13-/m0/s1. The third kappa shape index (κ3) is 5.16. The highest BCUT2D eigenvalue weighted by Crippen LogP contribution is 2.32. The molecule has 0 heterocycles. The van der Waals surface area contributed by atoms with E-state index in [9.17, 15) is 14.4 Å². The van der Waals surface area contributed by atoms with Crippen LogP contribution in [0.25, 0.3) is 0 Å². The molecule has 0 aliphatic rings. The molecule has 7 heteroatoms. The van der Waals surface area contributed by atoms with Crippen LogP contribution in [0, 0.1) is 5.41 Å². The average molecular weight is 289 g/mol. The number of ether oxygens (including phenoxy) is 2. The molecule has 0 aromatic carbocycles. The number of hydrogen-bond donors (Lipinski definition) is 2. The molecule has 0 aromatic heterocycles. The molecular formula is C13H23NO6. The molecule has 0 aliphatic carbocycles. The highest BCUT2D eigenvalue weighted by molar-refractivity contribution is 5.92. The average Bonchev–Trinajstić information content (AvgIpc) is 2.10. The fourth-order valence-electron chi connectivity index (χ4n) is 1.32. The van der Waals surface area contributed by atoms with Gasteiger partial charge in [0.2, 0.25) is 0 Å². The van der Waals surface area contributed by atoms with Crippen LogP contribution < -0.4 is 5.73 Å². The Kier molecular flexibility index (Phi) is 5.31. The van der Waals surface area contributed by atoms with E-state index in [1.165, 1.54) is 0 Å². The number of nitrogens with two attached hydrogens (primary N) is 1. The van der Waals surface area contributed by atoms with Gasteiger partial charge < -0.3 is 20.3 Å². The molecule has 1 atom stereocenters. The summed E-state index contributed by atoms with van der Waals surface area (Å²) in [6.45, 7) is 9.59. The van der Waals surface area contributed by atoms with Crippen molar-refractivity contribution in [2.24, 2.45) is 11.1 Å². The maximum Gasteiger partial charge on any atom is 0.516 e. The van der Waals surface area contributed by atoms with Gasteiger partial charge in [0.1, 0.15) is 11.1 Å². The Labute approximate surface area is 118 Å². The predicted molar refractivity (Wildman–Crippen MR) is 71.0 cm³/mol. The molecule has 20 heavy (non-hydrogen) atoms. The van der Waals surface area contributed by atoms with Crippen molar-refractivity contribution >= 4 is 18.1 Å². The number of carboxylic acids is 1. The van der Waals surface area contributed by atoms with Gasteiger partial charge in [-0.05, 0) is 26.2 Å². The van der Waals surface area contributed by atoms with E-state index in [0.29, 0.717) is 0 Å². The van der Waals surface area contributed by atoms with Crippen molar-refractivity contribution in [1.82, 2.24) is 0 Å². The van der Waals surface area contributed by atoms with Gasteiger partial charge in [0.05, 0.1) is 6.42 Å². The van der Waals surface area contributed by atoms with Crippen LogP contribution in [0.2, 0.25) is 0 Å². The molecular weight excluding hydrogens is 266 g/mol. The number of carbonyl (C=O) groups is 3. The minimum absolute atomic E-state index is 0.655. The van der Waals surface area contributed by atoms with E-state index in [1.807, 2.05) is 0 Å². The van der Waals surface area contributed by atoms with Gasteiger partial charge in [-0.25, -0.2) is 9.59 Å². The lowest BCUT2D eigenvalue weighted by Crippen LogP contribution is -2.60. The second kappa shape index (κ2) is 5.78. The van der Waals surface area contributed by atoms with Crippen molar-refractivity contribution < 1.29 is 29.0 Å². The molecule has 7 nitrogen and oxygen atoms in total. The van der Waals surface area contributed by atoms with Crippen LogP contribution in [-0.2, 0) is 19.1 Å².